The van der Waals surface area contributed by atoms with Gasteiger partial charge in [0.2, 0.25) is 0 Å². The van der Waals surface area contributed by atoms with Gasteiger partial charge in [-0.15, -0.1) is 10.2 Å². The van der Waals surface area contributed by atoms with Gasteiger partial charge in [0.25, 0.3) is 0 Å². The van der Waals surface area contributed by atoms with Crippen molar-refractivity contribution in [1.29, 1.82) is 0 Å². The highest BCUT2D eigenvalue weighted by Crippen LogP contribution is 2.25. The number of hydrogen-bond donors (Lipinski definition) is 1. The van der Waals surface area contributed by atoms with Crippen molar-refractivity contribution in [2.24, 2.45) is 7.05 Å². The second kappa shape index (κ2) is 6.72. The van der Waals surface area contributed by atoms with Crippen LogP contribution in [-0.2, 0) is 7.05 Å². The molecular weight excluding hydrogens is 296 g/mol. The number of benzene rings is 1. The lowest BCUT2D eigenvalue weighted by Crippen LogP contribution is -2.02. The molecule has 1 N–H and O–H groups in total. The van der Waals surface area contributed by atoms with Crippen LogP contribution in [0.4, 0.5) is 0 Å². The van der Waals surface area contributed by atoms with Crippen LogP contribution in [0.3, 0.4) is 0 Å². The maximum Gasteiger partial charge on any atom is 0.191 e. The van der Waals surface area contributed by atoms with Crippen molar-refractivity contribution in [3.05, 3.63) is 60.4 Å². The third-order valence-electron chi connectivity index (χ3n) is 3.31. The minimum atomic E-state index is -0.523. The maximum atomic E-state index is 10.2. The summed E-state index contributed by atoms with van der Waals surface area (Å²) >= 11 is 1.48. The average molecular weight is 312 g/mol. The van der Waals surface area contributed by atoms with Crippen molar-refractivity contribution in [2.45, 2.75) is 11.3 Å². The van der Waals surface area contributed by atoms with Crippen LogP contribution in [0.5, 0.6) is 0 Å². The number of nitrogens with zero attached hydrogens (tertiary/aromatic N) is 4. The lowest BCUT2D eigenvalue weighted by atomic mass is 10.1. The zero-order valence-electron chi connectivity index (χ0n) is 12.1. The van der Waals surface area contributed by atoms with E-state index in [9.17, 15) is 5.11 Å². The van der Waals surface area contributed by atoms with Gasteiger partial charge < -0.3 is 9.67 Å². The van der Waals surface area contributed by atoms with E-state index in [2.05, 4.69) is 15.2 Å². The third-order valence-corrected chi connectivity index (χ3v) is 4.41. The van der Waals surface area contributed by atoms with Gasteiger partial charge in [-0.3, -0.25) is 4.98 Å². The van der Waals surface area contributed by atoms with Gasteiger partial charge in [0.1, 0.15) is 0 Å². The Kier molecular flexibility index (Phi) is 4.50. The molecule has 0 amide bonds. The van der Waals surface area contributed by atoms with Crippen LogP contribution in [0.25, 0.3) is 11.4 Å². The van der Waals surface area contributed by atoms with Crippen molar-refractivity contribution in [3.8, 4) is 11.4 Å². The fraction of sp³-hybridized carbons (Fsp3) is 0.188. The lowest BCUT2D eigenvalue weighted by Gasteiger charge is -2.10. The van der Waals surface area contributed by atoms with Crippen LogP contribution in [0.15, 0.2) is 60.0 Å². The van der Waals surface area contributed by atoms with Gasteiger partial charge in [0.15, 0.2) is 11.0 Å². The summed E-state index contributed by atoms with van der Waals surface area (Å²) in [5, 5.41) is 19.4. The van der Waals surface area contributed by atoms with E-state index in [4.69, 9.17) is 0 Å². The highest BCUT2D eigenvalue weighted by Gasteiger charge is 2.14. The number of aliphatic hydroxyl groups excluding tert-OH is 1. The molecule has 0 aliphatic rings. The van der Waals surface area contributed by atoms with E-state index in [0.717, 1.165) is 22.1 Å². The Morgan fingerprint density at radius 3 is 2.68 bits per heavy atom. The summed E-state index contributed by atoms with van der Waals surface area (Å²) in [5.74, 6) is 1.30. The summed E-state index contributed by atoms with van der Waals surface area (Å²) in [4.78, 5) is 4.10. The maximum absolute atomic E-state index is 10.2. The fourth-order valence-electron chi connectivity index (χ4n) is 2.11. The first-order chi connectivity index (χ1) is 10.8. The van der Waals surface area contributed by atoms with E-state index in [1.165, 1.54) is 11.8 Å². The van der Waals surface area contributed by atoms with E-state index in [1.807, 2.05) is 54.1 Å². The predicted octanol–water partition coefficient (Wildman–Crippen LogP) is 2.70. The molecule has 0 bridgehead atoms. The SMILES string of the molecule is Cn1c(SCC(O)c2ccccc2)nnc1-c1cccnc1. The first-order valence-corrected chi connectivity index (χ1v) is 7.90. The van der Waals surface area contributed by atoms with Crippen LogP contribution in [0, 0.1) is 0 Å². The molecular formula is C16H16N4OS. The first kappa shape index (κ1) is 14.7. The molecule has 22 heavy (non-hydrogen) atoms. The molecule has 3 rings (SSSR count). The van der Waals surface area contributed by atoms with Crippen LogP contribution in [-0.4, -0.2) is 30.6 Å². The molecule has 0 aliphatic carbocycles. The minimum absolute atomic E-state index is 0.523. The molecule has 1 unspecified atom stereocenters. The molecule has 1 aromatic carbocycles. The molecule has 0 radical (unpaired) electrons. The van der Waals surface area contributed by atoms with Crippen molar-refractivity contribution >= 4 is 11.8 Å². The smallest absolute Gasteiger partial charge is 0.191 e. The number of rotatable bonds is 5. The molecule has 5 nitrogen and oxygen atoms in total. The zero-order chi connectivity index (χ0) is 15.4. The average Bonchev–Trinajstić information content (AvgIpc) is 2.95. The molecule has 2 aromatic heterocycles. The van der Waals surface area contributed by atoms with E-state index >= 15 is 0 Å². The second-order valence-corrected chi connectivity index (χ2v) is 5.83. The summed E-state index contributed by atoms with van der Waals surface area (Å²) in [7, 11) is 1.92. The summed E-state index contributed by atoms with van der Waals surface area (Å²) in [6.07, 6.45) is 2.97. The van der Waals surface area contributed by atoms with Gasteiger partial charge in [0.05, 0.1) is 6.10 Å². The quantitative estimate of drug-likeness (QED) is 0.734. The number of hydrogen-bond acceptors (Lipinski definition) is 5. The van der Waals surface area contributed by atoms with Gasteiger partial charge in [-0.1, -0.05) is 42.1 Å². The van der Waals surface area contributed by atoms with Gasteiger partial charge in [-0.2, -0.15) is 0 Å². The molecule has 6 heteroatoms. The standard InChI is InChI=1S/C16H16N4OS/c1-20-15(13-8-5-9-17-10-13)18-19-16(20)22-11-14(21)12-6-3-2-4-7-12/h2-10,14,21H,11H2,1H3. The van der Waals surface area contributed by atoms with Gasteiger partial charge in [-0.25, -0.2) is 0 Å². The van der Waals surface area contributed by atoms with Crippen molar-refractivity contribution in [3.63, 3.8) is 0 Å². The molecule has 2 heterocycles. The molecule has 0 spiro atoms. The van der Waals surface area contributed by atoms with Crippen molar-refractivity contribution in [2.75, 3.05) is 5.75 Å². The Bertz CT molecular complexity index is 730. The Morgan fingerprint density at radius 2 is 1.95 bits per heavy atom. The van der Waals surface area contributed by atoms with E-state index in [-0.39, 0.29) is 0 Å². The molecule has 112 valence electrons. The fourth-order valence-corrected chi connectivity index (χ4v) is 2.99. The molecule has 0 saturated heterocycles. The number of pyridine rings is 1. The number of aromatic nitrogens is 4. The lowest BCUT2D eigenvalue weighted by molar-refractivity contribution is 0.204. The zero-order valence-corrected chi connectivity index (χ0v) is 12.9. The summed E-state index contributed by atoms with van der Waals surface area (Å²) < 4.78 is 1.92. The monoisotopic (exact) mass is 312 g/mol. The van der Waals surface area contributed by atoms with Gasteiger partial charge in [0, 0.05) is 30.8 Å². The summed E-state index contributed by atoms with van der Waals surface area (Å²) in [5.41, 5.74) is 1.83. The highest BCUT2D eigenvalue weighted by atomic mass is 32.2. The number of aliphatic hydroxyl groups is 1. The van der Waals surface area contributed by atoms with Crippen molar-refractivity contribution < 1.29 is 5.11 Å². The van der Waals surface area contributed by atoms with Gasteiger partial charge in [-0.05, 0) is 17.7 Å². The van der Waals surface area contributed by atoms with E-state index < -0.39 is 6.10 Å². The summed E-state index contributed by atoms with van der Waals surface area (Å²) in [6.45, 7) is 0. The van der Waals surface area contributed by atoms with Crippen LogP contribution >= 0.6 is 11.8 Å². The first-order valence-electron chi connectivity index (χ1n) is 6.91. The largest absolute Gasteiger partial charge is 0.388 e. The number of thioether (sulfide) groups is 1. The predicted molar refractivity (Wildman–Crippen MR) is 86.4 cm³/mol. The van der Waals surface area contributed by atoms with Crippen molar-refractivity contribution in [1.82, 2.24) is 19.7 Å². The molecule has 1 atom stereocenters. The molecule has 3 aromatic rings. The van der Waals surface area contributed by atoms with E-state index in [0.29, 0.717) is 5.75 Å². The molecule has 0 fully saturated rings. The second-order valence-electron chi connectivity index (χ2n) is 4.84. The molecule has 0 aliphatic heterocycles. The minimum Gasteiger partial charge on any atom is -0.388 e. The Balaban J connectivity index is 1.71. The topological polar surface area (TPSA) is 63.8 Å². The van der Waals surface area contributed by atoms with Gasteiger partial charge >= 0.3 is 0 Å². The third kappa shape index (κ3) is 3.18. The normalized spacial score (nSPS) is 12.3. The summed E-state index contributed by atoms with van der Waals surface area (Å²) in [6, 6.07) is 13.4. The van der Waals surface area contributed by atoms with Crippen LogP contribution < -0.4 is 0 Å². The Labute approximate surface area is 133 Å². The Morgan fingerprint density at radius 1 is 1.14 bits per heavy atom. The van der Waals surface area contributed by atoms with Crippen LogP contribution in [0.1, 0.15) is 11.7 Å². The highest BCUT2D eigenvalue weighted by molar-refractivity contribution is 7.99. The Hall–Kier alpha value is -2.18. The molecule has 0 saturated carbocycles. The van der Waals surface area contributed by atoms with E-state index in [1.54, 1.807) is 12.4 Å². The van der Waals surface area contributed by atoms with Crippen LogP contribution in [0.2, 0.25) is 0 Å².